The van der Waals surface area contributed by atoms with E-state index in [1.807, 2.05) is 6.92 Å². The van der Waals surface area contributed by atoms with Crippen molar-refractivity contribution in [2.24, 2.45) is 5.92 Å². The van der Waals surface area contributed by atoms with E-state index in [4.69, 9.17) is 5.73 Å². The highest BCUT2D eigenvalue weighted by Gasteiger charge is 2.05. The summed E-state index contributed by atoms with van der Waals surface area (Å²) in [5.74, 6) is 2.84. The molecule has 0 bridgehead atoms. The SMILES string of the molecule is Cc1nc(N)cc(NC(C)CCCC(C)C)n1. The number of nitrogens with one attached hydrogen (secondary N) is 1. The molecule has 1 unspecified atom stereocenters. The van der Waals surface area contributed by atoms with Gasteiger partial charge in [0, 0.05) is 12.1 Å². The number of hydrogen-bond donors (Lipinski definition) is 2. The van der Waals surface area contributed by atoms with E-state index in [1.54, 1.807) is 6.07 Å². The number of nitrogen functional groups attached to an aromatic ring is 1. The Morgan fingerprint density at radius 1 is 1.24 bits per heavy atom. The molecule has 0 saturated carbocycles. The maximum Gasteiger partial charge on any atom is 0.131 e. The van der Waals surface area contributed by atoms with Crippen LogP contribution >= 0.6 is 0 Å². The lowest BCUT2D eigenvalue weighted by Crippen LogP contribution is -2.17. The second-order valence-corrected chi connectivity index (χ2v) is 5.10. The van der Waals surface area contributed by atoms with Crippen LogP contribution in [0.1, 0.15) is 45.9 Å². The topological polar surface area (TPSA) is 63.8 Å². The van der Waals surface area contributed by atoms with Crippen molar-refractivity contribution in [1.82, 2.24) is 9.97 Å². The molecule has 17 heavy (non-hydrogen) atoms. The Labute approximate surface area is 104 Å². The zero-order valence-corrected chi connectivity index (χ0v) is 11.3. The van der Waals surface area contributed by atoms with Crippen LogP contribution in [0, 0.1) is 12.8 Å². The van der Waals surface area contributed by atoms with Gasteiger partial charge in [0.1, 0.15) is 17.5 Å². The molecule has 1 aromatic rings. The third kappa shape index (κ3) is 5.52. The Morgan fingerprint density at radius 2 is 1.94 bits per heavy atom. The lowest BCUT2D eigenvalue weighted by atomic mass is 10.0. The van der Waals surface area contributed by atoms with Crippen LogP contribution < -0.4 is 11.1 Å². The van der Waals surface area contributed by atoms with Gasteiger partial charge in [0.15, 0.2) is 0 Å². The summed E-state index contributed by atoms with van der Waals surface area (Å²) in [4.78, 5) is 8.37. The van der Waals surface area contributed by atoms with Gasteiger partial charge in [-0.15, -0.1) is 0 Å². The van der Waals surface area contributed by atoms with Crippen molar-refractivity contribution in [2.75, 3.05) is 11.1 Å². The summed E-state index contributed by atoms with van der Waals surface area (Å²) in [6, 6.07) is 2.20. The number of aryl methyl sites for hydroxylation is 1. The Hall–Kier alpha value is -1.32. The smallest absolute Gasteiger partial charge is 0.131 e. The minimum Gasteiger partial charge on any atom is -0.384 e. The molecule has 0 aliphatic rings. The molecule has 0 fully saturated rings. The third-order valence-electron chi connectivity index (χ3n) is 2.67. The summed E-state index contributed by atoms with van der Waals surface area (Å²) in [7, 11) is 0. The van der Waals surface area contributed by atoms with Crippen LogP contribution in [0.5, 0.6) is 0 Å². The highest BCUT2D eigenvalue weighted by Crippen LogP contribution is 2.13. The highest BCUT2D eigenvalue weighted by atomic mass is 15.1. The summed E-state index contributed by atoms with van der Waals surface area (Å²) in [6.07, 6.45) is 3.67. The van der Waals surface area contributed by atoms with Crippen molar-refractivity contribution >= 4 is 11.6 Å². The van der Waals surface area contributed by atoms with Gasteiger partial charge in [-0.1, -0.05) is 26.7 Å². The Balaban J connectivity index is 2.42. The third-order valence-corrected chi connectivity index (χ3v) is 2.67. The molecule has 0 spiro atoms. The van der Waals surface area contributed by atoms with E-state index in [0.29, 0.717) is 17.7 Å². The first-order valence-corrected chi connectivity index (χ1v) is 6.35. The highest BCUT2D eigenvalue weighted by molar-refractivity contribution is 5.44. The molecule has 3 N–H and O–H groups in total. The maximum atomic E-state index is 5.68. The van der Waals surface area contributed by atoms with Crippen molar-refractivity contribution in [3.05, 3.63) is 11.9 Å². The molecule has 0 amide bonds. The Kier molecular flexibility index (Phi) is 5.19. The van der Waals surface area contributed by atoms with Gasteiger partial charge in [0.05, 0.1) is 0 Å². The second-order valence-electron chi connectivity index (χ2n) is 5.10. The van der Waals surface area contributed by atoms with Crippen molar-refractivity contribution in [3.8, 4) is 0 Å². The minimum absolute atomic E-state index is 0.419. The molecule has 0 aliphatic heterocycles. The summed E-state index contributed by atoms with van der Waals surface area (Å²) in [5.41, 5.74) is 5.68. The Morgan fingerprint density at radius 3 is 2.53 bits per heavy atom. The number of rotatable bonds is 6. The number of anilines is 2. The number of nitrogens with zero attached hydrogens (tertiary/aromatic N) is 2. The molecule has 1 heterocycles. The summed E-state index contributed by atoms with van der Waals surface area (Å²) < 4.78 is 0. The van der Waals surface area contributed by atoms with Gasteiger partial charge < -0.3 is 11.1 Å². The first-order chi connectivity index (χ1) is 7.97. The second kappa shape index (κ2) is 6.42. The fourth-order valence-electron chi connectivity index (χ4n) is 1.82. The molecule has 0 saturated heterocycles. The molecule has 0 aromatic carbocycles. The summed E-state index contributed by atoms with van der Waals surface area (Å²) in [6.45, 7) is 8.54. The maximum absolute atomic E-state index is 5.68. The lowest BCUT2D eigenvalue weighted by Gasteiger charge is -2.15. The van der Waals surface area contributed by atoms with Gasteiger partial charge in [-0.05, 0) is 26.2 Å². The molecular weight excluding hydrogens is 212 g/mol. The van der Waals surface area contributed by atoms with E-state index >= 15 is 0 Å². The normalized spacial score (nSPS) is 12.8. The van der Waals surface area contributed by atoms with Crippen LogP contribution in [0.15, 0.2) is 6.07 Å². The van der Waals surface area contributed by atoms with Crippen LogP contribution in [0.25, 0.3) is 0 Å². The van der Waals surface area contributed by atoms with Crippen molar-refractivity contribution in [2.45, 2.75) is 53.0 Å². The average Bonchev–Trinajstić information content (AvgIpc) is 2.14. The molecule has 1 atom stereocenters. The van der Waals surface area contributed by atoms with Crippen molar-refractivity contribution < 1.29 is 0 Å². The van der Waals surface area contributed by atoms with E-state index in [9.17, 15) is 0 Å². The molecule has 0 radical (unpaired) electrons. The quantitative estimate of drug-likeness (QED) is 0.797. The first-order valence-electron chi connectivity index (χ1n) is 6.35. The van der Waals surface area contributed by atoms with E-state index in [2.05, 4.69) is 36.1 Å². The van der Waals surface area contributed by atoms with Crippen LogP contribution in [0.2, 0.25) is 0 Å². The molecule has 96 valence electrons. The van der Waals surface area contributed by atoms with E-state index in [0.717, 1.165) is 18.2 Å². The Bertz CT molecular complexity index is 329. The molecule has 4 heteroatoms. The lowest BCUT2D eigenvalue weighted by molar-refractivity contribution is 0.520. The largest absolute Gasteiger partial charge is 0.384 e. The average molecular weight is 236 g/mol. The van der Waals surface area contributed by atoms with Gasteiger partial charge in [-0.2, -0.15) is 0 Å². The predicted molar refractivity (Wildman–Crippen MR) is 73.0 cm³/mol. The van der Waals surface area contributed by atoms with Crippen molar-refractivity contribution in [1.29, 1.82) is 0 Å². The molecular formula is C13H24N4. The van der Waals surface area contributed by atoms with Crippen LogP contribution in [-0.4, -0.2) is 16.0 Å². The van der Waals surface area contributed by atoms with E-state index in [1.165, 1.54) is 12.8 Å². The fraction of sp³-hybridized carbons (Fsp3) is 0.692. The molecule has 0 aliphatic carbocycles. The molecule has 1 aromatic heterocycles. The standard InChI is InChI=1S/C13H24N4/c1-9(2)6-5-7-10(3)15-13-8-12(14)16-11(4)17-13/h8-10H,5-7H2,1-4H3,(H3,14,15,16,17). The zero-order valence-electron chi connectivity index (χ0n) is 11.3. The molecule has 1 rings (SSSR count). The number of aromatic nitrogens is 2. The van der Waals surface area contributed by atoms with Crippen molar-refractivity contribution in [3.63, 3.8) is 0 Å². The number of nitrogens with two attached hydrogens (primary N) is 1. The van der Waals surface area contributed by atoms with Gasteiger partial charge in [-0.25, -0.2) is 9.97 Å². The zero-order chi connectivity index (χ0) is 12.8. The summed E-state index contributed by atoms with van der Waals surface area (Å²) in [5, 5.41) is 3.37. The van der Waals surface area contributed by atoms with Gasteiger partial charge in [-0.3, -0.25) is 0 Å². The predicted octanol–water partition coefficient (Wildman–Crippen LogP) is 2.99. The van der Waals surface area contributed by atoms with E-state index < -0.39 is 0 Å². The monoisotopic (exact) mass is 236 g/mol. The van der Waals surface area contributed by atoms with Gasteiger partial charge >= 0.3 is 0 Å². The minimum atomic E-state index is 0.419. The van der Waals surface area contributed by atoms with E-state index in [-0.39, 0.29) is 0 Å². The van der Waals surface area contributed by atoms with Gasteiger partial charge in [0.25, 0.3) is 0 Å². The first kappa shape index (κ1) is 13.7. The van der Waals surface area contributed by atoms with Crippen LogP contribution in [0.4, 0.5) is 11.6 Å². The van der Waals surface area contributed by atoms with Crippen LogP contribution in [-0.2, 0) is 0 Å². The van der Waals surface area contributed by atoms with Crippen LogP contribution in [0.3, 0.4) is 0 Å². The van der Waals surface area contributed by atoms with Gasteiger partial charge in [0.2, 0.25) is 0 Å². The summed E-state index contributed by atoms with van der Waals surface area (Å²) >= 11 is 0. The number of hydrogen-bond acceptors (Lipinski definition) is 4. The molecule has 4 nitrogen and oxygen atoms in total. The fourth-order valence-corrected chi connectivity index (χ4v) is 1.82.